The number of likely N-dealkylation sites (N-methyl/N-ethyl adjacent to an activating group) is 2. The van der Waals surface area contributed by atoms with E-state index in [1.807, 2.05) is 42.2 Å². The highest BCUT2D eigenvalue weighted by Crippen LogP contribution is 2.41. The average Bonchev–Trinajstić information content (AvgIpc) is 3.95. The Bertz CT molecular complexity index is 1550. The Morgan fingerprint density at radius 1 is 0.964 bits per heavy atom. The molecule has 0 radical (unpaired) electrons. The predicted octanol–water partition coefficient (Wildman–Crippen LogP) is 4.89. The van der Waals surface area contributed by atoms with Gasteiger partial charge in [0, 0.05) is 57.8 Å². The molecule has 2 N–H and O–H groups in total. The first kappa shape index (κ1) is 43.7. The number of nitrogens with zero attached hydrogens (tertiary/aromatic N) is 5. The first-order chi connectivity index (χ1) is 26.9. The van der Waals surface area contributed by atoms with E-state index >= 15 is 0 Å². The summed E-state index contributed by atoms with van der Waals surface area (Å²) >= 11 is 0. The summed E-state index contributed by atoms with van der Waals surface area (Å²) in [6, 6.07) is 11.4. The predicted molar refractivity (Wildman–Crippen MR) is 218 cm³/mol. The molecular formula is C44H69N7O5. The molecule has 3 fully saturated rings. The third-order valence-electron chi connectivity index (χ3n) is 13.3. The molecule has 56 heavy (non-hydrogen) atoms. The van der Waals surface area contributed by atoms with Crippen LogP contribution in [0.15, 0.2) is 48.8 Å². The molecule has 1 saturated carbocycles. The van der Waals surface area contributed by atoms with Crippen LogP contribution in [-0.4, -0.2) is 126 Å². The number of carbonyl (C=O) groups excluding carboxylic acids is 3. The fourth-order valence-electron chi connectivity index (χ4n) is 9.83. The van der Waals surface area contributed by atoms with Gasteiger partial charge in [0.2, 0.25) is 17.7 Å². The number of benzene rings is 1. The number of methoxy groups -OCH3 is 2. The lowest BCUT2D eigenvalue weighted by molar-refractivity contribution is -0.143. The minimum atomic E-state index is -0.542. The summed E-state index contributed by atoms with van der Waals surface area (Å²) in [5, 5.41) is 6.65. The zero-order valence-electron chi connectivity index (χ0n) is 35.4. The smallest absolute Gasteiger partial charge is 0.237 e. The number of amides is 3. The van der Waals surface area contributed by atoms with Crippen LogP contribution < -0.4 is 10.6 Å². The number of fused-ring (bicyclic) bond motifs is 2. The number of likely N-dealkylation sites (tertiary alicyclic amines) is 2. The molecule has 1 aromatic carbocycles. The Morgan fingerprint density at radius 2 is 1.68 bits per heavy atom. The molecule has 3 heterocycles. The summed E-state index contributed by atoms with van der Waals surface area (Å²) < 4.78 is 12.3. The van der Waals surface area contributed by atoms with Crippen molar-refractivity contribution in [3.8, 4) is 0 Å². The lowest BCUT2D eigenvalue weighted by atomic mass is 9.89. The van der Waals surface area contributed by atoms with Crippen LogP contribution in [0.25, 0.3) is 0 Å². The molecule has 12 heteroatoms. The Labute approximate surface area is 335 Å². The molecule has 11 atom stereocenters. The highest BCUT2D eigenvalue weighted by Gasteiger charge is 2.48. The van der Waals surface area contributed by atoms with Crippen molar-refractivity contribution in [2.45, 2.75) is 134 Å². The van der Waals surface area contributed by atoms with Crippen LogP contribution in [0, 0.1) is 23.7 Å². The van der Waals surface area contributed by atoms with Gasteiger partial charge in [-0.05, 0) is 82.0 Å². The number of ether oxygens (including phenoxy) is 2. The van der Waals surface area contributed by atoms with Gasteiger partial charge in [-0.25, -0.2) is 9.97 Å². The number of hydrogen-bond acceptors (Lipinski definition) is 9. The highest BCUT2D eigenvalue weighted by atomic mass is 16.5. The van der Waals surface area contributed by atoms with E-state index in [-0.39, 0.29) is 66.2 Å². The summed E-state index contributed by atoms with van der Waals surface area (Å²) in [6.07, 6.45) is 9.19. The molecule has 2 aliphatic heterocycles. The number of hydrogen-bond donors (Lipinski definition) is 2. The second kappa shape index (κ2) is 20.3. The minimum Gasteiger partial charge on any atom is -0.379 e. The molecule has 1 aromatic heterocycles. The maximum absolute atomic E-state index is 14.4. The van der Waals surface area contributed by atoms with Crippen molar-refractivity contribution in [1.82, 2.24) is 35.3 Å². The van der Waals surface area contributed by atoms with Gasteiger partial charge in [0.05, 0.1) is 42.7 Å². The van der Waals surface area contributed by atoms with Crippen LogP contribution in [0.2, 0.25) is 0 Å². The first-order valence-corrected chi connectivity index (χ1v) is 21.1. The monoisotopic (exact) mass is 776 g/mol. The molecule has 1 aliphatic carbocycles. The number of aromatic nitrogens is 2. The second-order valence-electron chi connectivity index (χ2n) is 17.1. The molecule has 5 rings (SSSR count). The van der Waals surface area contributed by atoms with Crippen LogP contribution in [0.5, 0.6) is 0 Å². The van der Waals surface area contributed by atoms with Gasteiger partial charge in [0.15, 0.2) is 5.82 Å². The standard InChI is InChI=1S/C44H69N7O5/c1-10-29(4)39(49(6)27-35(28(2)3)48-44(54)40-32-19-20-33(25-32)50(40)7)37(55-8)26-38(52)51-23-14-18-36(51)41(56-9)30(5)43(53)47-34(42-45-21-15-22-46-42)24-31-16-12-11-13-17-31/h11-13,15-17,21-22,28-30,32-37,39-41H,10,14,18-20,23-27H2,1-9H3,(H,47,53)(H,48,54)/t29-,30+,32-,33+,34+,35+,36-,37+,39-,40-,41+/m0/s1. The highest BCUT2D eigenvalue weighted by molar-refractivity contribution is 5.83. The van der Waals surface area contributed by atoms with Crippen molar-refractivity contribution < 1.29 is 23.9 Å². The summed E-state index contributed by atoms with van der Waals surface area (Å²) in [5.41, 5.74) is 1.07. The van der Waals surface area contributed by atoms with Gasteiger partial charge < -0.3 is 25.0 Å². The van der Waals surface area contributed by atoms with E-state index in [1.54, 1.807) is 32.7 Å². The summed E-state index contributed by atoms with van der Waals surface area (Å²) in [5.74, 6) is 0.888. The molecule has 2 aromatic rings. The average molecular weight is 776 g/mol. The Hall–Kier alpha value is -3.45. The van der Waals surface area contributed by atoms with Crippen molar-refractivity contribution in [2.24, 2.45) is 23.7 Å². The third-order valence-corrected chi connectivity index (χ3v) is 13.3. The quantitative estimate of drug-likeness (QED) is 0.193. The lowest BCUT2D eigenvalue weighted by Crippen LogP contribution is -2.57. The SMILES string of the molecule is CC[C@H](C)[C@@H]([C@@H](CC(=O)N1CCC[C@H]1[C@H](OC)[C@@H](C)C(=O)N[C@H](Cc1ccccc1)c1ncccn1)OC)N(C)C[C@@H](NC(=O)[C@@H]1[C@H]2CC[C@H](C2)N1C)C(C)C. The molecular weight excluding hydrogens is 707 g/mol. The Kier molecular flexibility index (Phi) is 15.8. The fourth-order valence-corrected chi connectivity index (χ4v) is 9.83. The third kappa shape index (κ3) is 10.3. The van der Waals surface area contributed by atoms with Crippen molar-refractivity contribution in [3.05, 3.63) is 60.2 Å². The molecule has 3 aliphatic rings. The summed E-state index contributed by atoms with van der Waals surface area (Å²) in [6.45, 7) is 11.9. The topological polar surface area (TPSA) is 129 Å². The molecule has 2 saturated heterocycles. The number of rotatable bonds is 20. The van der Waals surface area contributed by atoms with E-state index in [9.17, 15) is 14.4 Å². The largest absolute Gasteiger partial charge is 0.379 e. The zero-order valence-corrected chi connectivity index (χ0v) is 35.4. The van der Waals surface area contributed by atoms with Crippen molar-refractivity contribution in [3.63, 3.8) is 0 Å². The zero-order chi connectivity index (χ0) is 40.5. The summed E-state index contributed by atoms with van der Waals surface area (Å²) in [4.78, 5) is 57.4. The van der Waals surface area contributed by atoms with E-state index in [4.69, 9.17) is 9.47 Å². The maximum Gasteiger partial charge on any atom is 0.237 e. The van der Waals surface area contributed by atoms with Crippen LogP contribution in [0.1, 0.15) is 97.0 Å². The number of nitrogens with one attached hydrogen (secondary N) is 2. The normalized spacial score (nSPS) is 24.8. The fraction of sp³-hybridized carbons (Fsp3) is 0.705. The van der Waals surface area contributed by atoms with Gasteiger partial charge in [0.25, 0.3) is 0 Å². The van der Waals surface area contributed by atoms with Gasteiger partial charge >= 0.3 is 0 Å². The first-order valence-electron chi connectivity index (χ1n) is 21.1. The van der Waals surface area contributed by atoms with E-state index in [0.29, 0.717) is 37.3 Å². The van der Waals surface area contributed by atoms with Gasteiger partial charge in [0.1, 0.15) is 0 Å². The molecule has 3 amide bonds. The molecule has 0 spiro atoms. The van der Waals surface area contributed by atoms with Gasteiger partial charge in [-0.2, -0.15) is 0 Å². The van der Waals surface area contributed by atoms with Gasteiger partial charge in [-0.1, -0.05) is 71.4 Å². The lowest BCUT2D eigenvalue weighted by Gasteiger charge is -2.41. The van der Waals surface area contributed by atoms with Crippen molar-refractivity contribution in [1.29, 1.82) is 0 Å². The minimum absolute atomic E-state index is 0.00314. The van der Waals surface area contributed by atoms with E-state index < -0.39 is 18.1 Å². The van der Waals surface area contributed by atoms with Gasteiger partial charge in [-0.3, -0.25) is 24.2 Å². The van der Waals surface area contributed by atoms with Gasteiger partial charge in [-0.15, -0.1) is 0 Å². The van der Waals surface area contributed by atoms with E-state index in [1.165, 1.54) is 6.42 Å². The molecule has 310 valence electrons. The van der Waals surface area contributed by atoms with E-state index in [0.717, 1.165) is 37.7 Å². The number of piperidine rings is 1. The second-order valence-corrected chi connectivity index (χ2v) is 17.1. The van der Waals surface area contributed by atoms with Crippen LogP contribution >= 0.6 is 0 Å². The Balaban J connectivity index is 1.25. The molecule has 0 unspecified atom stereocenters. The van der Waals surface area contributed by atoms with E-state index in [2.05, 4.69) is 72.2 Å². The van der Waals surface area contributed by atoms with Crippen molar-refractivity contribution in [2.75, 3.05) is 41.4 Å². The Morgan fingerprint density at radius 3 is 2.29 bits per heavy atom. The van der Waals surface area contributed by atoms with Crippen molar-refractivity contribution >= 4 is 17.7 Å². The van der Waals surface area contributed by atoms with Crippen LogP contribution in [0.3, 0.4) is 0 Å². The number of carbonyl (C=O) groups is 3. The maximum atomic E-state index is 14.4. The summed E-state index contributed by atoms with van der Waals surface area (Å²) in [7, 11) is 7.52. The van der Waals surface area contributed by atoms with Crippen LogP contribution in [-0.2, 0) is 30.3 Å². The molecule has 12 nitrogen and oxygen atoms in total. The molecule has 2 bridgehead atoms. The van der Waals surface area contributed by atoms with Crippen LogP contribution in [0.4, 0.5) is 0 Å².